The predicted octanol–water partition coefficient (Wildman–Crippen LogP) is 4.25. The van der Waals surface area contributed by atoms with Gasteiger partial charge < -0.3 is 14.6 Å². The standard InChI is InChI=1S/C22H19N3O4S2/c1-24-20(26)19(21(27)25(2)22(24)30)14-10-18(31-17-6-4-3-5-13(17)23-14)12-7-8-15-16(9-12)29-11-28-15/h3-9,18,26H,10-11H2,1-2H3/t18-/m0/s1. The van der Waals surface area contributed by atoms with Crippen LogP contribution in [0.15, 0.2) is 57.1 Å². The lowest BCUT2D eigenvalue weighted by molar-refractivity contribution is 0.174. The Hall–Kier alpha value is -3.04. The summed E-state index contributed by atoms with van der Waals surface area (Å²) in [4.78, 5) is 18.9. The molecule has 0 radical (unpaired) electrons. The van der Waals surface area contributed by atoms with Gasteiger partial charge in [0.05, 0.1) is 11.4 Å². The molecule has 0 spiro atoms. The molecule has 9 heteroatoms. The fraction of sp³-hybridized carbons (Fsp3) is 0.227. The van der Waals surface area contributed by atoms with Crippen molar-refractivity contribution in [1.82, 2.24) is 9.13 Å². The highest BCUT2D eigenvalue weighted by Gasteiger charge is 2.28. The maximum absolute atomic E-state index is 13.1. The molecule has 2 aromatic carbocycles. The Morgan fingerprint density at radius 1 is 1.13 bits per heavy atom. The summed E-state index contributed by atoms with van der Waals surface area (Å²) in [5.41, 5.74) is 2.11. The Bertz CT molecular complexity index is 1360. The predicted molar refractivity (Wildman–Crippen MR) is 122 cm³/mol. The first-order valence-corrected chi connectivity index (χ1v) is 10.9. The van der Waals surface area contributed by atoms with E-state index in [4.69, 9.17) is 26.7 Å². The summed E-state index contributed by atoms with van der Waals surface area (Å²) in [6.45, 7) is 0.208. The van der Waals surface area contributed by atoms with Crippen molar-refractivity contribution >= 4 is 35.4 Å². The van der Waals surface area contributed by atoms with Gasteiger partial charge in [0.1, 0.15) is 5.56 Å². The number of nitrogens with zero attached hydrogens (tertiary/aromatic N) is 3. The molecule has 0 saturated heterocycles. The van der Waals surface area contributed by atoms with E-state index in [0.29, 0.717) is 17.9 Å². The number of thioether (sulfide) groups is 1. The number of para-hydroxylation sites is 1. The minimum atomic E-state index is -0.367. The highest BCUT2D eigenvalue weighted by Crippen LogP contribution is 2.47. The minimum Gasteiger partial charge on any atom is -0.494 e. The molecule has 0 saturated carbocycles. The summed E-state index contributed by atoms with van der Waals surface area (Å²) in [5, 5.41) is 10.8. The largest absolute Gasteiger partial charge is 0.494 e. The lowest BCUT2D eigenvalue weighted by Gasteiger charge is -2.18. The van der Waals surface area contributed by atoms with E-state index in [1.807, 2.05) is 42.5 Å². The molecule has 158 valence electrons. The second kappa shape index (κ2) is 7.58. The first-order chi connectivity index (χ1) is 14.9. The average Bonchev–Trinajstić information content (AvgIpc) is 3.16. The molecule has 2 aliphatic heterocycles. The van der Waals surface area contributed by atoms with Crippen LogP contribution in [0, 0.1) is 4.77 Å². The van der Waals surface area contributed by atoms with Gasteiger partial charge in [-0.05, 0) is 42.0 Å². The van der Waals surface area contributed by atoms with Crippen molar-refractivity contribution in [3.8, 4) is 17.4 Å². The Balaban J connectivity index is 1.68. The summed E-state index contributed by atoms with van der Waals surface area (Å²) in [7, 11) is 3.23. The number of aromatic hydroxyl groups is 1. The number of hydrogen-bond donors (Lipinski definition) is 1. The number of benzene rings is 2. The van der Waals surface area contributed by atoms with Gasteiger partial charge in [0.15, 0.2) is 16.3 Å². The van der Waals surface area contributed by atoms with E-state index in [1.165, 1.54) is 9.13 Å². The van der Waals surface area contributed by atoms with Crippen molar-refractivity contribution in [3.05, 3.63) is 68.7 Å². The fourth-order valence-corrected chi connectivity index (χ4v) is 5.15. The van der Waals surface area contributed by atoms with Gasteiger partial charge in [-0.25, -0.2) is 0 Å². The van der Waals surface area contributed by atoms with E-state index < -0.39 is 0 Å². The monoisotopic (exact) mass is 453 g/mol. The summed E-state index contributed by atoms with van der Waals surface area (Å²) < 4.78 is 14.0. The van der Waals surface area contributed by atoms with E-state index in [-0.39, 0.29) is 33.8 Å². The maximum Gasteiger partial charge on any atom is 0.267 e. The lowest BCUT2D eigenvalue weighted by Crippen LogP contribution is -2.29. The van der Waals surface area contributed by atoms with Crippen molar-refractivity contribution in [1.29, 1.82) is 0 Å². The summed E-state index contributed by atoms with van der Waals surface area (Å²) in [5.74, 6) is 1.24. The number of ether oxygens (including phenoxy) is 2. The molecule has 0 bridgehead atoms. The van der Waals surface area contributed by atoms with Gasteiger partial charge in [0.2, 0.25) is 12.7 Å². The molecule has 0 unspecified atom stereocenters. The Kier molecular flexibility index (Phi) is 4.86. The van der Waals surface area contributed by atoms with Crippen LogP contribution in [-0.4, -0.2) is 26.7 Å². The molecular formula is C22H19N3O4S2. The lowest BCUT2D eigenvalue weighted by atomic mass is 10.0. The normalized spacial score (nSPS) is 17.1. The number of rotatable bonds is 2. The van der Waals surface area contributed by atoms with Crippen LogP contribution in [0.1, 0.15) is 22.8 Å². The van der Waals surface area contributed by atoms with E-state index in [9.17, 15) is 9.90 Å². The number of aliphatic imine (C=N–C) groups is 1. The van der Waals surface area contributed by atoms with Gasteiger partial charge in [-0.2, -0.15) is 0 Å². The van der Waals surface area contributed by atoms with Gasteiger partial charge in [0.25, 0.3) is 5.56 Å². The molecule has 0 amide bonds. The molecule has 1 N–H and O–H groups in total. The zero-order chi connectivity index (χ0) is 21.7. The molecule has 7 nitrogen and oxygen atoms in total. The SMILES string of the molecule is Cn1c(O)c(C2=Nc3ccccc3S[C@H](c3ccc4c(c3)OCO4)C2)c(=O)n(C)c1=S. The average molecular weight is 454 g/mol. The molecule has 0 aliphatic carbocycles. The smallest absolute Gasteiger partial charge is 0.267 e. The van der Waals surface area contributed by atoms with Gasteiger partial charge in [-0.1, -0.05) is 18.2 Å². The van der Waals surface area contributed by atoms with E-state index in [2.05, 4.69) is 0 Å². The van der Waals surface area contributed by atoms with Crippen LogP contribution < -0.4 is 15.0 Å². The molecule has 1 atom stereocenters. The third kappa shape index (κ3) is 3.34. The Morgan fingerprint density at radius 3 is 2.74 bits per heavy atom. The topological polar surface area (TPSA) is 78.0 Å². The first kappa shape index (κ1) is 19.9. The number of aromatic nitrogens is 2. The molecular weight excluding hydrogens is 434 g/mol. The van der Waals surface area contributed by atoms with E-state index >= 15 is 0 Å². The van der Waals surface area contributed by atoms with E-state index in [1.54, 1.807) is 25.9 Å². The van der Waals surface area contributed by atoms with Crippen LogP contribution in [0.5, 0.6) is 17.4 Å². The van der Waals surface area contributed by atoms with Crippen molar-refractivity contribution < 1.29 is 14.6 Å². The first-order valence-electron chi connectivity index (χ1n) is 9.66. The third-order valence-corrected chi connectivity index (χ3v) is 7.33. The Morgan fingerprint density at radius 2 is 1.90 bits per heavy atom. The van der Waals surface area contributed by atoms with Crippen LogP contribution in [0.3, 0.4) is 0 Å². The highest BCUT2D eigenvalue weighted by atomic mass is 32.2. The Labute approximate surface area is 187 Å². The second-order valence-corrected chi connectivity index (χ2v) is 8.96. The van der Waals surface area contributed by atoms with Gasteiger partial charge >= 0.3 is 0 Å². The van der Waals surface area contributed by atoms with Gasteiger partial charge in [-0.3, -0.25) is 18.9 Å². The molecule has 0 fully saturated rings. The summed E-state index contributed by atoms with van der Waals surface area (Å²) in [6.07, 6.45) is 0.443. The van der Waals surface area contributed by atoms with E-state index in [0.717, 1.165) is 21.9 Å². The molecule has 2 aliphatic rings. The van der Waals surface area contributed by atoms with Crippen LogP contribution in [0.25, 0.3) is 0 Å². The van der Waals surface area contributed by atoms with Crippen LogP contribution in [0.2, 0.25) is 0 Å². The summed E-state index contributed by atoms with van der Waals surface area (Å²) in [6, 6.07) is 13.7. The molecule has 5 rings (SSSR count). The number of hydrogen-bond acceptors (Lipinski definition) is 7. The third-order valence-electron chi connectivity index (χ3n) is 5.46. The maximum atomic E-state index is 13.1. The summed E-state index contributed by atoms with van der Waals surface area (Å²) >= 11 is 6.93. The number of fused-ring (bicyclic) bond motifs is 2. The molecule has 1 aromatic heterocycles. The van der Waals surface area contributed by atoms with Crippen molar-refractivity contribution in [2.45, 2.75) is 16.6 Å². The molecule has 31 heavy (non-hydrogen) atoms. The van der Waals surface area contributed by atoms with Crippen molar-refractivity contribution in [2.24, 2.45) is 19.1 Å². The molecule has 3 aromatic rings. The molecule has 3 heterocycles. The van der Waals surface area contributed by atoms with Crippen molar-refractivity contribution in [2.75, 3.05) is 6.79 Å². The zero-order valence-corrected chi connectivity index (χ0v) is 18.5. The van der Waals surface area contributed by atoms with Gasteiger partial charge in [0, 0.05) is 30.7 Å². The van der Waals surface area contributed by atoms with Crippen LogP contribution in [0.4, 0.5) is 5.69 Å². The zero-order valence-electron chi connectivity index (χ0n) is 16.9. The highest BCUT2D eigenvalue weighted by molar-refractivity contribution is 7.99. The quantitative estimate of drug-likeness (QED) is 0.585. The van der Waals surface area contributed by atoms with Gasteiger partial charge in [-0.15, -0.1) is 11.8 Å². The van der Waals surface area contributed by atoms with Crippen LogP contribution >= 0.6 is 24.0 Å². The fourth-order valence-electron chi connectivity index (χ4n) is 3.75. The van der Waals surface area contributed by atoms with Crippen LogP contribution in [-0.2, 0) is 14.1 Å². The second-order valence-electron chi connectivity index (χ2n) is 7.35. The van der Waals surface area contributed by atoms with Crippen molar-refractivity contribution in [3.63, 3.8) is 0 Å². The minimum absolute atomic E-state index is 0.0468.